The van der Waals surface area contributed by atoms with E-state index in [1.165, 1.54) is 4.90 Å². The first-order valence-electron chi connectivity index (χ1n) is 11.5. The lowest BCUT2D eigenvalue weighted by molar-refractivity contribution is -0.143. The summed E-state index contributed by atoms with van der Waals surface area (Å²) in [6.07, 6.45) is 1.12. The summed E-state index contributed by atoms with van der Waals surface area (Å²) >= 11 is 8.11. The molecule has 0 unspecified atom stereocenters. The Balaban J connectivity index is 1.31. The number of para-hydroxylation sites is 1. The molecule has 0 atom stereocenters. The molecule has 1 fully saturated rings. The van der Waals surface area contributed by atoms with Gasteiger partial charge in [0.15, 0.2) is 0 Å². The van der Waals surface area contributed by atoms with E-state index in [-0.39, 0.29) is 5.97 Å². The number of esters is 1. The van der Waals surface area contributed by atoms with Crippen LogP contribution in [0, 0.1) is 0 Å². The lowest BCUT2D eigenvalue weighted by Gasteiger charge is -2.36. The SMILES string of the molecule is CCOC(=O)CCCOCCN1CCN(C2=Nc3ccccc3Sc3ccc(Cl)cc32)CC1. The van der Waals surface area contributed by atoms with Gasteiger partial charge in [-0.3, -0.25) is 9.69 Å². The molecule has 1 saturated heterocycles. The monoisotopic (exact) mass is 487 g/mol. The van der Waals surface area contributed by atoms with Crippen molar-refractivity contribution in [3.05, 3.63) is 53.1 Å². The number of rotatable bonds is 8. The zero-order valence-electron chi connectivity index (χ0n) is 19.0. The Bertz CT molecular complexity index is 993. The van der Waals surface area contributed by atoms with Gasteiger partial charge in [0, 0.05) is 66.1 Å². The number of carbonyl (C=O) groups is 1. The molecule has 0 aliphatic carbocycles. The average Bonchev–Trinajstić information content (AvgIpc) is 2.98. The molecule has 0 N–H and O–H groups in total. The Morgan fingerprint density at radius 2 is 1.91 bits per heavy atom. The van der Waals surface area contributed by atoms with Gasteiger partial charge in [0.1, 0.15) is 5.84 Å². The highest BCUT2D eigenvalue weighted by molar-refractivity contribution is 7.99. The summed E-state index contributed by atoms with van der Waals surface area (Å²) < 4.78 is 10.7. The van der Waals surface area contributed by atoms with Crippen LogP contribution in [-0.2, 0) is 14.3 Å². The molecule has 2 aliphatic rings. The zero-order chi connectivity index (χ0) is 23.0. The highest BCUT2D eigenvalue weighted by Crippen LogP contribution is 2.41. The molecule has 2 heterocycles. The van der Waals surface area contributed by atoms with Crippen LogP contribution in [0.5, 0.6) is 0 Å². The standard InChI is InChI=1S/C25H30ClN3O3S/c1-2-32-24(30)8-5-16-31-17-15-28-11-13-29(14-12-28)25-20-18-19(26)9-10-22(20)33-23-7-4-3-6-21(23)27-25/h3-4,6-7,9-10,18H,2,5,8,11-17H2,1H3. The third-order valence-corrected chi connectivity index (χ3v) is 7.07. The Kier molecular flexibility index (Phi) is 8.67. The molecule has 0 spiro atoms. The number of hydrogen-bond acceptors (Lipinski definition) is 7. The van der Waals surface area contributed by atoms with Crippen LogP contribution in [0.1, 0.15) is 25.3 Å². The molecular formula is C25H30ClN3O3S. The summed E-state index contributed by atoms with van der Waals surface area (Å²) in [4.78, 5) is 23.6. The number of benzene rings is 2. The number of piperazine rings is 1. The number of fused-ring (bicyclic) bond motifs is 2. The number of amidine groups is 1. The number of hydrogen-bond donors (Lipinski definition) is 0. The minimum atomic E-state index is -0.150. The lowest BCUT2D eigenvalue weighted by atomic mass is 10.1. The molecule has 176 valence electrons. The van der Waals surface area contributed by atoms with E-state index in [0.29, 0.717) is 32.7 Å². The molecule has 2 aromatic carbocycles. The molecule has 8 heteroatoms. The average molecular weight is 488 g/mol. The smallest absolute Gasteiger partial charge is 0.305 e. The fourth-order valence-electron chi connectivity index (χ4n) is 3.97. The summed E-state index contributed by atoms with van der Waals surface area (Å²) in [5, 5.41) is 0.728. The van der Waals surface area contributed by atoms with E-state index < -0.39 is 0 Å². The molecule has 0 saturated carbocycles. The van der Waals surface area contributed by atoms with Crippen LogP contribution in [0.3, 0.4) is 0 Å². The van der Waals surface area contributed by atoms with Gasteiger partial charge in [0.2, 0.25) is 0 Å². The fourth-order valence-corrected chi connectivity index (χ4v) is 5.14. The first kappa shape index (κ1) is 24.1. The van der Waals surface area contributed by atoms with Crippen molar-refractivity contribution < 1.29 is 14.3 Å². The molecular weight excluding hydrogens is 458 g/mol. The second-order valence-electron chi connectivity index (χ2n) is 8.00. The maximum Gasteiger partial charge on any atom is 0.305 e. The zero-order valence-corrected chi connectivity index (χ0v) is 20.5. The predicted molar refractivity (Wildman–Crippen MR) is 133 cm³/mol. The van der Waals surface area contributed by atoms with Crippen LogP contribution >= 0.6 is 23.4 Å². The molecule has 2 aliphatic heterocycles. The van der Waals surface area contributed by atoms with Crippen molar-refractivity contribution in [1.82, 2.24) is 9.80 Å². The summed E-state index contributed by atoms with van der Waals surface area (Å²) in [7, 11) is 0. The van der Waals surface area contributed by atoms with Crippen LogP contribution in [0.15, 0.2) is 57.2 Å². The third-order valence-electron chi connectivity index (χ3n) is 5.69. The second kappa shape index (κ2) is 11.9. The Morgan fingerprint density at radius 3 is 2.73 bits per heavy atom. The number of nitrogens with zero attached hydrogens (tertiary/aromatic N) is 3. The van der Waals surface area contributed by atoms with Crippen LogP contribution in [0.2, 0.25) is 5.02 Å². The largest absolute Gasteiger partial charge is 0.466 e. The topological polar surface area (TPSA) is 54.4 Å². The van der Waals surface area contributed by atoms with Gasteiger partial charge < -0.3 is 14.4 Å². The summed E-state index contributed by atoms with van der Waals surface area (Å²) in [5.41, 5.74) is 2.10. The summed E-state index contributed by atoms with van der Waals surface area (Å²) in [6, 6.07) is 14.4. The van der Waals surface area contributed by atoms with Gasteiger partial charge in [-0.05, 0) is 43.7 Å². The van der Waals surface area contributed by atoms with Crippen molar-refractivity contribution in [2.75, 3.05) is 52.5 Å². The van der Waals surface area contributed by atoms with Gasteiger partial charge in [-0.25, -0.2) is 4.99 Å². The second-order valence-corrected chi connectivity index (χ2v) is 9.52. The lowest BCUT2D eigenvalue weighted by Crippen LogP contribution is -2.49. The number of carbonyl (C=O) groups excluding carboxylic acids is 1. The maximum absolute atomic E-state index is 11.4. The van der Waals surface area contributed by atoms with E-state index in [9.17, 15) is 4.79 Å². The number of aliphatic imine (C=N–C) groups is 1. The number of halogens is 1. The quantitative estimate of drug-likeness (QED) is 0.391. The van der Waals surface area contributed by atoms with Crippen LogP contribution in [0.25, 0.3) is 0 Å². The molecule has 0 aromatic heterocycles. The normalized spacial score (nSPS) is 15.9. The van der Waals surface area contributed by atoms with Gasteiger partial charge in [-0.1, -0.05) is 35.5 Å². The summed E-state index contributed by atoms with van der Waals surface area (Å²) in [6.45, 7) is 8.12. The van der Waals surface area contributed by atoms with Crippen LogP contribution in [-0.4, -0.2) is 74.1 Å². The molecule has 0 radical (unpaired) electrons. The van der Waals surface area contributed by atoms with Crippen molar-refractivity contribution in [2.45, 2.75) is 29.6 Å². The van der Waals surface area contributed by atoms with Gasteiger partial charge in [0.05, 0.1) is 18.9 Å². The van der Waals surface area contributed by atoms with E-state index in [4.69, 9.17) is 26.1 Å². The minimum Gasteiger partial charge on any atom is -0.466 e. The maximum atomic E-state index is 11.4. The molecule has 0 bridgehead atoms. The van der Waals surface area contributed by atoms with Crippen molar-refractivity contribution in [3.63, 3.8) is 0 Å². The third kappa shape index (κ3) is 6.51. The van der Waals surface area contributed by atoms with Gasteiger partial charge in [-0.2, -0.15) is 0 Å². The highest BCUT2D eigenvalue weighted by Gasteiger charge is 2.25. The first-order valence-corrected chi connectivity index (χ1v) is 12.7. The molecule has 2 aromatic rings. The molecule has 6 nitrogen and oxygen atoms in total. The minimum absolute atomic E-state index is 0.150. The van der Waals surface area contributed by atoms with Gasteiger partial charge in [-0.15, -0.1) is 0 Å². The van der Waals surface area contributed by atoms with E-state index >= 15 is 0 Å². The first-order chi connectivity index (χ1) is 16.1. The van der Waals surface area contributed by atoms with Gasteiger partial charge >= 0.3 is 5.97 Å². The van der Waals surface area contributed by atoms with Crippen molar-refractivity contribution in [3.8, 4) is 0 Å². The predicted octanol–water partition coefficient (Wildman–Crippen LogP) is 4.86. The van der Waals surface area contributed by atoms with E-state index in [0.717, 1.165) is 59.7 Å². The molecule has 0 amide bonds. The Morgan fingerprint density at radius 1 is 1.09 bits per heavy atom. The van der Waals surface area contributed by atoms with E-state index in [1.54, 1.807) is 11.8 Å². The fraction of sp³-hybridized carbons (Fsp3) is 0.440. The molecule has 4 rings (SSSR count). The Hall–Kier alpha value is -2.06. The van der Waals surface area contributed by atoms with E-state index in [1.807, 2.05) is 25.1 Å². The van der Waals surface area contributed by atoms with Crippen LogP contribution in [0.4, 0.5) is 5.69 Å². The molecule has 33 heavy (non-hydrogen) atoms. The van der Waals surface area contributed by atoms with Gasteiger partial charge in [0.25, 0.3) is 0 Å². The van der Waals surface area contributed by atoms with E-state index in [2.05, 4.69) is 34.1 Å². The van der Waals surface area contributed by atoms with Crippen LogP contribution < -0.4 is 0 Å². The summed E-state index contributed by atoms with van der Waals surface area (Å²) in [5.74, 6) is 0.849. The Labute approximate surface area is 204 Å². The van der Waals surface area contributed by atoms with Crippen molar-refractivity contribution in [1.29, 1.82) is 0 Å². The highest BCUT2D eigenvalue weighted by atomic mass is 35.5. The number of ether oxygens (including phenoxy) is 2. The van der Waals surface area contributed by atoms with Crippen molar-refractivity contribution in [2.24, 2.45) is 4.99 Å². The van der Waals surface area contributed by atoms with Crippen molar-refractivity contribution >= 4 is 40.9 Å².